The van der Waals surface area contributed by atoms with Gasteiger partial charge in [-0.3, -0.25) is 4.98 Å². The Morgan fingerprint density at radius 1 is 1.05 bits per heavy atom. The topological polar surface area (TPSA) is 38.9 Å². The molecule has 0 spiro atoms. The van der Waals surface area contributed by atoms with Gasteiger partial charge in [0.25, 0.3) is 0 Å². The van der Waals surface area contributed by atoms with Crippen LogP contribution in [0.2, 0.25) is 0 Å². The number of para-hydroxylation sites is 1. The smallest absolute Gasteiger partial charge is 0.0704 e. The summed E-state index contributed by atoms with van der Waals surface area (Å²) in [5.41, 5.74) is 8.86. The first-order chi connectivity index (χ1) is 9.34. The summed E-state index contributed by atoms with van der Waals surface area (Å²) in [6.07, 6.45) is 9.48. The lowest BCUT2D eigenvalue weighted by molar-refractivity contribution is 0.396. The molecule has 0 bridgehead atoms. The number of nitrogens with zero attached hydrogens (tertiary/aromatic N) is 1. The van der Waals surface area contributed by atoms with Crippen molar-refractivity contribution in [3.63, 3.8) is 0 Å². The summed E-state index contributed by atoms with van der Waals surface area (Å²) in [6.45, 7) is 0. The van der Waals surface area contributed by atoms with E-state index in [4.69, 9.17) is 5.73 Å². The van der Waals surface area contributed by atoms with E-state index >= 15 is 0 Å². The second-order valence-electron chi connectivity index (χ2n) is 5.75. The van der Waals surface area contributed by atoms with E-state index < -0.39 is 0 Å². The first-order valence-electron chi connectivity index (χ1n) is 7.43. The lowest BCUT2D eigenvalue weighted by Gasteiger charge is -2.22. The van der Waals surface area contributed by atoms with Gasteiger partial charge in [0.15, 0.2) is 0 Å². The average molecular weight is 254 g/mol. The van der Waals surface area contributed by atoms with Crippen molar-refractivity contribution in [2.75, 3.05) is 0 Å². The summed E-state index contributed by atoms with van der Waals surface area (Å²) in [5, 5.41) is 1.29. The zero-order valence-corrected chi connectivity index (χ0v) is 11.4. The highest BCUT2D eigenvalue weighted by Gasteiger charge is 2.21. The number of hydrogen-bond acceptors (Lipinski definition) is 2. The van der Waals surface area contributed by atoms with E-state index in [9.17, 15) is 0 Å². The molecule has 100 valence electrons. The first-order valence-corrected chi connectivity index (χ1v) is 7.43. The van der Waals surface area contributed by atoms with Crippen LogP contribution in [-0.2, 0) is 6.42 Å². The molecule has 0 amide bonds. The van der Waals surface area contributed by atoms with E-state index in [1.807, 2.05) is 6.20 Å². The van der Waals surface area contributed by atoms with Crippen molar-refractivity contribution in [3.8, 4) is 0 Å². The zero-order valence-electron chi connectivity index (χ0n) is 11.4. The Labute approximate surface area is 115 Å². The van der Waals surface area contributed by atoms with Crippen LogP contribution in [0, 0.1) is 5.92 Å². The average Bonchev–Trinajstić information content (AvgIpc) is 2.65. The van der Waals surface area contributed by atoms with Crippen LogP contribution >= 0.6 is 0 Å². The summed E-state index contributed by atoms with van der Waals surface area (Å²) in [4.78, 5) is 4.44. The molecule has 0 radical (unpaired) electrons. The third-order valence-electron chi connectivity index (χ3n) is 4.44. The molecule has 1 saturated carbocycles. The molecule has 1 fully saturated rings. The molecule has 1 aliphatic carbocycles. The Hall–Kier alpha value is -1.41. The van der Waals surface area contributed by atoms with Crippen molar-refractivity contribution < 1.29 is 0 Å². The Morgan fingerprint density at radius 2 is 1.89 bits per heavy atom. The quantitative estimate of drug-likeness (QED) is 0.830. The SMILES string of the molecule is NC1CCCCCC1Cc1ccnc2ccccc12. The maximum absolute atomic E-state index is 6.36. The number of hydrogen-bond donors (Lipinski definition) is 1. The van der Waals surface area contributed by atoms with Crippen LogP contribution in [0.1, 0.15) is 37.7 Å². The van der Waals surface area contributed by atoms with Crippen molar-refractivity contribution >= 4 is 10.9 Å². The largest absolute Gasteiger partial charge is 0.327 e. The molecule has 0 saturated heterocycles. The molecule has 2 heteroatoms. The minimum absolute atomic E-state index is 0.370. The van der Waals surface area contributed by atoms with Gasteiger partial charge >= 0.3 is 0 Å². The van der Waals surface area contributed by atoms with Crippen molar-refractivity contribution in [2.45, 2.75) is 44.6 Å². The number of pyridine rings is 1. The Balaban J connectivity index is 1.88. The molecule has 1 aromatic carbocycles. The maximum atomic E-state index is 6.36. The summed E-state index contributed by atoms with van der Waals surface area (Å²) in [5.74, 6) is 0.633. The zero-order chi connectivity index (χ0) is 13.1. The molecular weight excluding hydrogens is 232 g/mol. The van der Waals surface area contributed by atoms with Gasteiger partial charge in [-0.05, 0) is 42.9 Å². The molecule has 0 aliphatic heterocycles. The number of benzene rings is 1. The van der Waals surface area contributed by atoms with Crippen molar-refractivity contribution in [1.82, 2.24) is 4.98 Å². The molecule has 1 heterocycles. The van der Waals surface area contributed by atoms with Gasteiger partial charge in [0.05, 0.1) is 5.52 Å². The van der Waals surface area contributed by atoms with Crippen LogP contribution in [0.25, 0.3) is 10.9 Å². The van der Waals surface area contributed by atoms with Crippen LogP contribution in [0.3, 0.4) is 0 Å². The third kappa shape index (κ3) is 2.79. The molecule has 1 aromatic heterocycles. The second-order valence-corrected chi connectivity index (χ2v) is 5.75. The van der Waals surface area contributed by atoms with Gasteiger partial charge in [-0.2, -0.15) is 0 Å². The van der Waals surface area contributed by atoms with E-state index in [0.717, 1.165) is 11.9 Å². The number of aromatic nitrogens is 1. The van der Waals surface area contributed by atoms with Gasteiger partial charge in [-0.25, -0.2) is 0 Å². The van der Waals surface area contributed by atoms with Gasteiger partial charge in [-0.1, -0.05) is 37.5 Å². The minimum Gasteiger partial charge on any atom is -0.327 e. The van der Waals surface area contributed by atoms with E-state index in [1.54, 1.807) is 0 Å². The lowest BCUT2D eigenvalue weighted by Crippen LogP contribution is -2.30. The van der Waals surface area contributed by atoms with Crippen LogP contribution in [0.15, 0.2) is 36.5 Å². The molecule has 2 atom stereocenters. The monoisotopic (exact) mass is 254 g/mol. The normalized spacial score (nSPS) is 24.3. The fraction of sp³-hybridized carbons (Fsp3) is 0.471. The minimum atomic E-state index is 0.370. The molecule has 1 aliphatic rings. The molecular formula is C17H22N2. The summed E-state index contributed by atoms with van der Waals surface area (Å²) < 4.78 is 0. The van der Waals surface area contributed by atoms with Crippen LogP contribution in [-0.4, -0.2) is 11.0 Å². The highest BCUT2D eigenvalue weighted by molar-refractivity contribution is 5.81. The summed E-state index contributed by atoms with van der Waals surface area (Å²) in [7, 11) is 0. The number of fused-ring (bicyclic) bond motifs is 1. The van der Waals surface area contributed by atoms with Crippen molar-refractivity contribution in [3.05, 3.63) is 42.1 Å². The molecule has 2 unspecified atom stereocenters. The number of rotatable bonds is 2. The predicted molar refractivity (Wildman–Crippen MR) is 80.0 cm³/mol. The lowest BCUT2D eigenvalue weighted by atomic mass is 9.88. The van der Waals surface area contributed by atoms with Gasteiger partial charge in [0.2, 0.25) is 0 Å². The molecule has 2 N–H and O–H groups in total. The maximum Gasteiger partial charge on any atom is 0.0704 e. The summed E-state index contributed by atoms with van der Waals surface area (Å²) in [6, 6.07) is 11.0. The van der Waals surface area contributed by atoms with E-state index in [0.29, 0.717) is 12.0 Å². The first kappa shape index (κ1) is 12.6. The van der Waals surface area contributed by atoms with Crippen LogP contribution < -0.4 is 5.73 Å². The molecule has 2 nitrogen and oxygen atoms in total. The highest BCUT2D eigenvalue weighted by atomic mass is 14.7. The Morgan fingerprint density at radius 3 is 2.84 bits per heavy atom. The van der Waals surface area contributed by atoms with Crippen LogP contribution in [0.4, 0.5) is 0 Å². The summed E-state index contributed by atoms with van der Waals surface area (Å²) >= 11 is 0. The van der Waals surface area contributed by atoms with E-state index in [1.165, 1.54) is 43.1 Å². The standard InChI is InChI=1S/C17H22N2/c18-16-8-3-1-2-6-14(16)12-13-10-11-19-17-9-5-4-7-15(13)17/h4-5,7,9-11,14,16H,1-3,6,8,12,18H2. The van der Waals surface area contributed by atoms with Gasteiger partial charge in [0.1, 0.15) is 0 Å². The van der Waals surface area contributed by atoms with Gasteiger partial charge < -0.3 is 5.73 Å². The Kier molecular flexibility index (Phi) is 3.79. The van der Waals surface area contributed by atoms with Crippen molar-refractivity contribution in [2.24, 2.45) is 11.7 Å². The van der Waals surface area contributed by atoms with Gasteiger partial charge in [-0.15, -0.1) is 0 Å². The highest BCUT2D eigenvalue weighted by Crippen LogP contribution is 2.27. The van der Waals surface area contributed by atoms with E-state index in [-0.39, 0.29) is 0 Å². The van der Waals surface area contributed by atoms with Gasteiger partial charge in [0, 0.05) is 17.6 Å². The second kappa shape index (κ2) is 5.70. The van der Waals surface area contributed by atoms with Crippen molar-refractivity contribution in [1.29, 1.82) is 0 Å². The fourth-order valence-corrected chi connectivity index (χ4v) is 3.28. The predicted octanol–water partition coefficient (Wildman–Crippen LogP) is 3.68. The van der Waals surface area contributed by atoms with E-state index in [2.05, 4.69) is 35.3 Å². The Bertz CT molecular complexity index is 544. The number of nitrogens with two attached hydrogens (primary N) is 1. The molecule has 2 aromatic rings. The molecule has 3 rings (SSSR count). The third-order valence-corrected chi connectivity index (χ3v) is 4.44. The fourth-order valence-electron chi connectivity index (χ4n) is 3.28. The molecule has 19 heavy (non-hydrogen) atoms. The van der Waals surface area contributed by atoms with Crippen LogP contribution in [0.5, 0.6) is 0 Å².